The van der Waals surface area contributed by atoms with E-state index in [-0.39, 0.29) is 0 Å². The predicted molar refractivity (Wildman–Crippen MR) is 59.0 cm³/mol. The van der Waals surface area contributed by atoms with Gasteiger partial charge in [-0.2, -0.15) is 0 Å². The lowest BCUT2D eigenvalue weighted by Gasteiger charge is -2.31. The zero-order chi connectivity index (χ0) is 11.4. The second kappa shape index (κ2) is 5.41. The average molecular weight is 225 g/mol. The largest absolute Gasteiger partial charge is 0.424 e. The van der Waals surface area contributed by atoms with Crippen LogP contribution in [0.4, 0.5) is 0 Å². The van der Waals surface area contributed by atoms with Crippen molar-refractivity contribution >= 4 is 0 Å². The van der Waals surface area contributed by atoms with Crippen LogP contribution in [0.15, 0.2) is 4.42 Å². The Hall–Kier alpha value is -0.940. The van der Waals surface area contributed by atoms with Crippen molar-refractivity contribution in [3.63, 3.8) is 0 Å². The van der Waals surface area contributed by atoms with Crippen molar-refractivity contribution in [1.29, 1.82) is 0 Å². The molecule has 2 heterocycles. The Morgan fingerprint density at radius 1 is 1.50 bits per heavy atom. The number of likely N-dealkylation sites (tertiary alicyclic amines) is 1. The first-order chi connectivity index (χ1) is 7.78. The Labute approximate surface area is 95.8 Å². The van der Waals surface area contributed by atoms with Crippen LogP contribution in [0.5, 0.6) is 0 Å². The van der Waals surface area contributed by atoms with Crippen molar-refractivity contribution in [2.45, 2.75) is 39.3 Å². The standard InChI is InChI=1S/C11H19N3O2/c1-3-15-10-5-4-6-14(7-10)8-11-13-12-9(2)16-11/h10H,3-8H2,1-2H3. The van der Waals surface area contributed by atoms with Gasteiger partial charge < -0.3 is 9.15 Å². The molecule has 90 valence electrons. The molecule has 0 aromatic carbocycles. The first-order valence-corrected chi connectivity index (χ1v) is 5.91. The summed E-state index contributed by atoms with van der Waals surface area (Å²) in [5.74, 6) is 1.34. The molecule has 5 nitrogen and oxygen atoms in total. The first kappa shape index (κ1) is 11.5. The molecule has 1 aromatic rings. The van der Waals surface area contributed by atoms with Crippen molar-refractivity contribution in [3.8, 4) is 0 Å². The minimum atomic E-state index is 0.364. The zero-order valence-electron chi connectivity index (χ0n) is 9.98. The van der Waals surface area contributed by atoms with E-state index in [2.05, 4.69) is 15.1 Å². The van der Waals surface area contributed by atoms with Gasteiger partial charge in [-0.05, 0) is 26.3 Å². The van der Waals surface area contributed by atoms with E-state index in [0.717, 1.165) is 32.7 Å². The van der Waals surface area contributed by atoms with Gasteiger partial charge in [-0.3, -0.25) is 4.90 Å². The number of nitrogens with zero attached hydrogens (tertiary/aromatic N) is 3. The van der Waals surface area contributed by atoms with Crippen LogP contribution in [0.1, 0.15) is 31.5 Å². The minimum absolute atomic E-state index is 0.364. The molecular weight excluding hydrogens is 206 g/mol. The highest BCUT2D eigenvalue weighted by Crippen LogP contribution is 2.15. The van der Waals surface area contributed by atoms with Crippen LogP contribution >= 0.6 is 0 Å². The van der Waals surface area contributed by atoms with Crippen LogP contribution in [0.3, 0.4) is 0 Å². The van der Waals surface area contributed by atoms with Gasteiger partial charge in [-0.25, -0.2) is 0 Å². The molecule has 16 heavy (non-hydrogen) atoms. The third-order valence-corrected chi connectivity index (χ3v) is 2.79. The summed E-state index contributed by atoms with van der Waals surface area (Å²) in [5, 5.41) is 7.84. The van der Waals surface area contributed by atoms with E-state index in [1.165, 1.54) is 6.42 Å². The Morgan fingerprint density at radius 2 is 2.38 bits per heavy atom. The van der Waals surface area contributed by atoms with E-state index in [4.69, 9.17) is 9.15 Å². The van der Waals surface area contributed by atoms with Gasteiger partial charge in [0.15, 0.2) is 0 Å². The van der Waals surface area contributed by atoms with Gasteiger partial charge in [-0.15, -0.1) is 10.2 Å². The molecule has 2 rings (SSSR count). The van der Waals surface area contributed by atoms with Crippen LogP contribution in [0.2, 0.25) is 0 Å². The number of aryl methyl sites for hydroxylation is 1. The van der Waals surface area contributed by atoms with E-state index >= 15 is 0 Å². The van der Waals surface area contributed by atoms with Crippen molar-refractivity contribution < 1.29 is 9.15 Å². The molecule has 0 amide bonds. The highest BCUT2D eigenvalue weighted by atomic mass is 16.5. The van der Waals surface area contributed by atoms with E-state index in [9.17, 15) is 0 Å². The molecule has 1 aromatic heterocycles. The highest BCUT2D eigenvalue weighted by Gasteiger charge is 2.21. The summed E-state index contributed by atoms with van der Waals surface area (Å²) in [4.78, 5) is 2.32. The van der Waals surface area contributed by atoms with E-state index in [1.807, 2.05) is 13.8 Å². The smallest absolute Gasteiger partial charge is 0.230 e. The number of piperidine rings is 1. The third kappa shape index (κ3) is 3.02. The average Bonchev–Trinajstić information content (AvgIpc) is 2.65. The lowest BCUT2D eigenvalue weighted by Crippen LogP contribution is -2.39. The SMILES string of the molecule is CCOC1CCCN(Cc2nnc(C)o2)C1. The summed E-state index contributed by atoms with van der Waals surface area (Å²) in [6.45, 7) is 7.44. The number of rotatable bonds is 4. The second-order valence-electron chi connectivity index (χ2n) is 4.17. The lowest BCUT2D eigenvalue weighted by atomic mass is 10.1. The number of aromatic nitrogens is 2. The maximum atomic E-state index is 5.65. The second-order valence-corrected chi connectivity index (χ2v) is 4.17. The molecular formula is C11H19N3O2. The molecule has 0 N–H and O–H groups in total. The molecule has 1 aliphatic rings. The fraction of sp³-hybridized carbons (Fsp3) is 0.818. The Balaban J connectivity index is 1.85. The van der Waals surface area contributed by atoms with Gasteiger partial charge in [0, 0.05) is 20.1 Å². The molecule has 1 saturated heterocycles. The Bertz CT molecular complexity index is 325. The Morgan fingerprint density at radius 3 is 3.06 bits per heavy atom. The summed E-state index contributed by atoms with van der Waals surface area (Å²) < 4.78 is 11.0. The number of ether oxygens (including phenoxy) is 1. The summed E-state index contributed by atoms with van der Waals surface area (Å²) in [5.41, 5.74) is 0. The van der Waals surface area contributed by atoms with Gasteiger partial charge in [-0.1, -0.05) is 0 Å². The maximum Gasteiger partial charge on any atom is 0.230 e. The van der Waals surface area contributed by atoms with E-state index in [0.29, 0.717) is 17.9 Å². The van der Waals surface area contributed by atoms with Gasteiger partial charge in [0.25, 0.3) is 0 Å². The van der Waals surface area contributed by atoms with Crippen LogP contribution in [-0.4, -0.2) is 40.9 Å². The molecule has 1 atom stereocenters. The molecule has 1 unspecified atom stereocenters. The number of hydrogen-bond donors (Lipinski definition) is 0. The van der Waals surface area contributed by atoms with Gasteiger partial charge in [0.2, 0.25) is 11.8 Å². The fourth-order valence-corrected chi connectivity index (χ4v) is 2.12. The van der Waals surface area contributed by atoms with Crippen molar-refractivity contribution in [1.82, 2.24) is 15.1 Å². The molecule has 0 radical (unpaired) electrons. The molecule has 0 aliphatic carbocycles. The van der Waals surface area contributed by atoms with Gasteiger partial charge in [0.05, 0.1) is 12.6 Å². The topological polar surface area (TPSA) is 51.4 Å². The van der Waals surface area contributed by atoms with Gasteiger partial charge in [0.1, 0.15) is 0 Å². The van der Waals surface area contributed by atoms with Crippen LogP contribution in [0.25, 0.3) is 0 Å². The minimum Gasteiger partial charge on any atom is -0.424 e. The first-order valence-electron chi connectivity index (χ1n) is 5.91. The van der Waals surface area contributed by atoms with Crippen molar-refractivity contribution in [2.75, 3.05) is 19.7 Å². The highest BCUT2D eigenvalue weighted by molar-refractivity contribution is 4.82. The zero-order valence-corrected chi connectivity index (χ0v) is 9.98. The number of hydrogen-bond acceptors (Lipinski definition) is 5. The van der Waals surface area contributed by atoms with E-state index in [1.54, 1.807) is 0 Å². The molecule has 1 fully saturated rings. The quantitative estimate of drug-likeness (QED) is 0.774. The monoisotopic (exact) mass is 225 g/mol. The third-order valence-electron chi connectivity index (χ3n) is 2.79. The van der Waals surface area contributed by atoms with Crippen molar-refractivity contribution in [3.05, 3.63) is 11.8 Å². The van der Waals surface area contributed by atoms with Crippen LogP contribution in [0, 0.1) is 6.92 Å². The fourth-order valence-electron chi connectivity index (χ4n) is 2.12. The van der Waals surface area contributed by atoms with Crippen LogP contribution < -0.4 is 0 Å². The predicted octanol–water partition coefficient (Wildman–Crippen LogP) is 1.38. The molecule has 0 spiro atoms. The normalized spacial score (nSPS) is 22.5. The van der Waals surface area contributed by atoms with Crippen molar-refractivity contribution in [2.24, 2.45) is 0 Å². The Kier molecular flexibility index (Phi) is 3.90. The van der Waals surface area contributed by atoms with E-state index < -0.39 is 0 Å². The summed E-state index contributed by atoms with van der Waals surface area (Å²) >= 11 is 0. The molecule has 5 heteroatoms. The van der Waals surface area contributed by atoms with Gasteiger partial charge >= 0.3 is 0 Å². The molecule has 1 aliphatic heterocycles. The molecule has 0 bridgehead atoms. The maximum absolute atomic E-state index is 5.65. The molecule has 0 saturated carbocycles. The summed E-state index contributed by atoms with van der Waals surface area (Å²) in [7, 11) is 0. The lowest BCUT2D eigenvalue weighted by molar-refractivity contribution is 0.00150. The summed E-state index contributed by atoms with van der Waals surface area (Å²) in [6, 6.07) is 0. The summed E-state index contributed by atoms with van der Waals surface area (Å²) in [6.07, 6.45) is 2.70. The van der Waals surface area contributed by atoms with Crippen LogP contribution in [-0.2, 0) is 11.3 Å².